The zero-order valence-electron chi connectivity index (χ0n) is 6.16. The fourth-order valence-corrected chi connectivity index (χ4v) is 1.08. The first kappa shape index (κ1) is 8.14. The maximum atomic E-state index is 11.0. The summed E-state index contributed by atoms with van der Waals surface area (Å²) in [7, 11) is 1.35. The second-order valence-electron chi connectivity index (χ2n) is 2.13. The molecule has 0 heterocycles. The number of esters is 1. The molecule has 3 heteroatoms. The predicted molar refractivity (Wildman–Crippen MR) is 46.5 cm³/mol. The Balaban J connectivity index is 2.84. The van der Waals surface area contributed by atoms with E-state index in [0.29, 0.717) is 16.9 Å². The quantitative estimate of drug-likeness (QED) is 0.437. The Labute approximate surface area is 70.5 Å². The molecule has 0 saturated heterocycles. The second kappa shape index (κ2) is 3.44. The predicted octanol–water partition coefficient (Wildman–Crippen LogP) is 1.42. The van der Waals surface area contributed by atoms with E-state index in [1.165, 1.54) is 7.11 Å². The van der Waals surface area contributed by atoms with E-state index in [-0.39, 0.29) is 5.97 Å². The van der Waals surface area contributed by atoms with Crippen LogP contribution in [0.5, 0.6) is 0 Å². The first-order valence-electron chi connectivity index (χ1n) is 3.24. The van der Waals surface area contributed by atoms with Crippen LogP contribution in [-0.2, 0) is 9.53 Å². The summed E-state index contributed by atoms with van der Waals surface area (Å²) < 4.78 is 4.53. The molecule has 58 valence electrons. The Morgan fingerprint density at radius 2 is 2.45 bits per heavy atom. The molecule has 0 unspecified atom stereocenters. The normalized spacial score (nSPS) is 16.1. The molecule has 0 aromatic rings. The van der Waals surface area contributed by atoms with Gasteiger partial charge in [-0.15, -0.1) is 0 Å². The van der Waals surface area contributed by atoms with E-state index in [1.807, 2.05) is 12.2 Å². The van der Waals surface area contributed by atoms with Gasteiger partial charge in [0.2, 0.25) is 0 Å². The number of carbonyl (C=O) groups excluding carboxylic acids is 1. The van der Waals surface area contributed by atoms with Crippen LogP contribution in [-0.4, -0.2) is 17.9 Å². The summed E-state index contributed by atoms with van der Waals surface area (Å²) >= 11 is 4.95. The van der Waals surface area contributed by atoms with Crippen LogP contribution < -0.4 is 0 Å². The summed E-state index contributed by atoms with van der Waals surface area (Å²) in [5.74, 6) is -0.348. The molecule has 1 rings (SSSR count). The van der Waals surface area contributed by atoms with Crippen molar-refractivity contribution in [3.63, 3.8) is 0 Å². The van der Waals surface area contributed by atoms with Gasteiger partial charge in [0, 0.05) is 11.3 Å². The number of ether oxygens (including phenoxy) is 1. The molecule has 0 amide bonds. The van der Waals surface area contributed by atoms with Crippen LogP contribution >= 0.6 is 12.2 Å². The van der Waals surface area contributed by atoms with E-state index < -0.39 is 0 Å². The number of hydrogen-bond donors (Lipinski definition) is 0. The first-order valence-corrected chi connectivity index (χ1v) is 3.65. The van der Waals surface area contributed by atoms with Crippen LogP contribution in [0.3, 0.4) is 0 Å². The minimum atomic E-state index is -0.348. The molecule has 1 aliphatic carbocycles. The minimum absolute atomic E-state index is 0.348. The molecule has 0 aliphatic heterocycles. The molecule has 0 N–H and O–H groups in total. The smallest absolute Gasteiger partial charge is 0.338 e. The largest absolute Gasteiger partial charge is 0.465 e. The van der Waals surface area contributed by atoms with Crippen LogP contribution in [0, 0.1) is 0 Å². The van der Waals surface area contributed by atoms with Gasteiger partial charge in [0.25, 0.3) is 0 Å². The molecule has 0 aromatic carbocycles. The average molecular weight is 168 g/mol. The van der Waals surface area contributed by atoms with Gasteiger partial charge in [0.1, 0.15) is 0 Å². The lowest BCUT2D eigenvalue weighted by Gasteiger charge is -2.06. The van der Waals surface area contributed by atoms with E-state index in [0.717, 1.165) is 0 Å². The van der Waals surface area contributed by atoms with Gasteiger partial charge < -0.3 is 4.74 Å². The van der Waals surface area contributed by atoms with Crippen molar-refractivity contribution in [1.82, 2.24) is 0 Å². The highest BCUT2D eigenvalue weighted by Gasteiger charge is 2.14. The summed E-state index contributed by atoms with van der Waals surface area (Å²) in [6.45, 7) is 0. The third kappa shape index (κ3) is 1.74. The van der Waals surface area contributed by atoms with Gasteiger partial charge in [-0.3, -0.25) is 0 Å². The maximum absolute atomic E-state index is 11.0. The van der Waals surface area contributed by atoms with E-state index in [9.17, 15) is 4.79 Å². The fraction of sp³-hybridized carbons (Fsp3) is 0.250. The number of rotatable bonds is 1. The Bertz CT molecular complexity index is 251. The van der Waals surface area contributed by atoms with Crippen molar-refractivity contribution in [2.45, 2.75) is 6.42 Å². The number of thiocarbonyl (C=S) groups is 1. The van der Waals surface area contributed by atoms with E-state index in [2.05, 4.69) is 4.74 Å². The van der Waals surface area contributed by atoms with Gasteiger partial charge >= 0.3 is 5.97 Å². The van der Waals surface area contributed by atoms with Crippen LogP contribution in [0.4, 0.5) is 0 Å². The van der Waals surface area contributed by atoms with Gasteiger partial charge in [-0.25, -0.2) is 4.79 Å². The van der Waals surface area contributed by atoms with Crippen molar-refractivity contribution in [3.05, 3.63) is 23.8 Å². The first-order chi connectivity index (χ1) is 5.25. The molecule has 0 saturated carbocycles. The van der Waals surface area contributed by atoms with E-state index >= 15 is 0 Å². The molecule has 0 bridgehead atoms. The standard InChI is InChI=1S/C8H8O2S/c1-10-8(9)6-4-2-3-5-7(6)11/h2-4H,5H2,1H3. The van der Waals surface area contributed by atoms with Crippen molar-refractivity contribution in [2.75, 3.05) is 7.11 Å². The zero-order valence-corrected chi connectivity index (χ0v) is 6.98. The molecule has 0 fully saturated rings. The van der Waals surface area contributed by atoms with Crippen molar-refractivity contribution in [2.24, 2.45) is 0 Å². The monoisotopic (exact) mass is 168 g/mol. The van der Waals surface area contributed by atoms with Crippen molar-refractivity contribution in [1.29, 1.82) is 0 Å². The van der Waals surface area contributed by atoms with Gasteiger partial charge in [0.05, 0.1) is 12.7 Å². The van der Waals surface area contributed by atoms with Crippen molar-refractivity contribution >= 4 is 23.1 Å². The lowest BCUT2D eigenvalue weighted by molar-refractivity contribution is -0.135. The van der Waals surface area contributed by atoms with Crippen molar-refractivity contribution in [3.8, 4) is 0 Å². The number of hydrogen-bond acceptors (Lipinski definition) is 3. The Morgan fingerprint density at radius 3 is 3.00 bits per heavy atom. The van der Waals surface area contributed by atoms with Gasteiger partial charge in [0.15, 0.2) is 0 Å². The van der Waals surface area contributed by atoms with Crippen molar-refractivity contribution < 1.29 is 9.53 Å². The SMILES string of the molecule is COC(=O)C1=CC=CCC1=S. The molecular weight excluding hydrogens is 160 g/mol. The highest BCUT2D eigenvalue weighted by molar-refractivity contribution is 7.81. The number of allylic oxidation sites excluding steroid dienone is 3. The van der Waals surface area contributed by atoms with Crippen LogP contribution in [0.25, 0.3) is 0 Å². The highest BCUT2D eigenvalue weighted by atomic mass is 32.1. The summed E-state index contributed by atoms with van der Waals surface area (Å²) in [4.78, 5) is 11.6. The Kier molecular flexibility index (Phi) is 2.54. The minimum Gasteiger partial charge on any atom is -0.465 e. The molecule has 0 radical (unpaired) electrons. The summed E-state index contributed by atoms with van der Waals surface area (Å²) in [6, 6.07) is 0. The Morgan fingerprint density at radius 1 is 1.73 bits per heavy atom. The third-order valence-electron chi connectivity index (χ3n) is 1.41. The lowest BCUT2D eigenvalue weighted by Crippen LogP contribution is -2.13. The van der Waals surface area contributed by atoms with E-state index in [4.69, 9.17) is 12.2 Å². The maximum Gasteiger partial charge on any atom is 0.338 e. The number of methoxy groups -OCH3 is 1. The third-order valence-corrected chi connectivity index (χ3v) is 1.79. The topological polar surface area (TPSA) is 26.3 Å². The molecule has 0 spiro atoms. The molecule has 1 aliphatic rings. The highest BCUT2D eigenvalue weighted by Crippen LogP contribution is 2.10. The molecule has 2 nitrogen and oxygen atoms in total. The number of carbonyl (C=O) groups is 1. The molecule has 0 atom stereocenters. The van der Waals surface area contributed by atoms with Crippen LogP contribution in [0.15, 0.2) is 23.8 Å². The molecule has 0 aromatic heterocycles. The molecular formula is C8H8O2S. The second-order valence-corrected chi connectivity index (χ2v) is 2.62. The summed E-state index contributed by atoms with van der Waals surface area (Å²) in [5, 5.41) is 0. The molecule has 11 heavy (non-hydrogen) atoms. The van der Waals surface area contributed by atoms with E-state index in [1.54, 1.807) is 6.08 Å². The zero-order chi connectivity index (χ0) is 8.27. The summed E-state index contributed by atoms with van der Waals surface area (Å²) in [6.07, 6.45) is 6.06. The Hall–Kier alpha value is -0.960. The van der Waals surface area contributed by atoms with Gasteiger partial charge in [-0.05, 0) is 6.08 Å². The summed E-state index contributed by atoms with van der Waals surface area (Å²) in [5.41, 5.74) is 0.505. The fourth-order valence-electron chi connectivity index (χ4n) is 0.834. The van der Waals surface area contributed by atoms with Gasteiger partial charge in [-0.2, -0.15) is 0 Å². The van der Waals surface area contributed by atoms with Crippen LogP contribution in [0.2, 0.25) is 0 Å². The van der Waals surface area contributed by atoms with Crippen LogP contribution in [0.1, 0.15) is 6.42 Å². The average Bonchev–Trinajstić information content (AvgIpc) is 2.04. The van der Waals surface area contributed by atoms with Gasteiger partial charge in [-0.1, -0.05) is 24.4 Å². The lowest BCUT2D eigenvalue weighted by atomic mass is 10.1.